The fourth-order valence-corrected chi connectivity index (χ4v) is 3.97. The first-order valence-corrected chi connectivity index (χ1v) is 11.2. The maximum atomic E-state index is 13.1. The molecule has 6 heteroatoms. The van der Waals surface area contributed by atoms with E-state index >= 15 is 0 Å². The number of esters is 1. The van der Waals surface area contributed by atoms with Crippen molar-refractivity contribution in [2.45, 2.75) is 85.3 Å². The Labute approximate surface area is 186 Å². The highest BCUT2D eigenvalue weighted by Gasteiger charge is 2.50. The number of hydrogen-bond acceptors (Lipinski definition) is 5. The molecule has 0 radical (unpaired) electrons. The molecular formula is C25H37NO5. The van der Waals surface area contributed by atoms with Gasteiger partial charge in [-0.2, -0.15) is 0 Å². The summed E-state index contributed by atoms with van der Waals surface area (Å²) < 4.78 is 17.2. The van der Waals surface area contributed by atoms with E-state index in [-0.39, 0.29) is 18.6 Å². The highest BCUT2D eigenvalue weighted by Crippen LogP contribution is 2.37. The Morgan fingerprint density at radius 2 is 1.84 bits per heavy atom. The van der Waals surface area contributed by atoms with Gasteiger partial charge >= 0.3 is 12.1 Å². The number of amides is 1. The zero-order chi connectivity index (χ0) is 23.0. The average molecular weight is 432 g/mol. The minimum atomic E-state index is -0.861. The van der Waals surface area contributed by atoms with Crippen LogP contribution in [0.1, 0.15) is 66.4 Å². The Bertz CT molecular complexity index is 756. The Morgan fingerprint density at radius 1 is 1.16 bits per heavy atom. The minimum absolute atomic E-state index is 0.199. The van der Waals surface area contributed by atoms with E-state index in [1.165, 1.54) is 0 Å². The van der Waals surface area contributed by atoms with Crippen LogP contribution in [-0.2, 0) is 25.6 Å². The van der Waals surface area contributed by atoms with Gasteiger partial charge in [-0.3, -0.25) is 4.90 Å². The van der Waals surface area contributed by atoms with Crippen molar-refractivity contribution >= 4 is 12.1 Å². The lowest BCUT2D eigenvalue weighted by molar-refractivity contribution is -0.138. The SMILES string of the molecule is CCC/C(=C\[C@@H]1OC(C)(C)N(C(=O)OCc2ccccc2)[C@H]1CC(C)C)C(=O)OCC. The molecule has 1 saturated heterocycles. The predicted octanol–water partition coefficient (Wildman–Crippen LogP) is 5.46. The van der Waals surface area contributed by atoms with Crippen molar-refractivity contribution < 1.29 is 23.8 Å². The highest BCUT2D eigenvalue weighted by molar-refractivity contribution is 5.88. The molecule has 0 N–H and O–H groups in total. The molecule has 1 heterocycles. The molecule has 0 spiro atoms. The van der Waals surface area contributed by atoms with E-state index in [0.717, 1.165) is 18.4 Å². The molecule has 1 aliphatic rings. The second kappa shape index (κ2) is 11.3. The van der Waals surface area contributed by atoms with Gasteiger partial charge in [0.25, 0.3) is 0 Å². The van der Waals surface area contributed by atoms with Crippen LogP contribution in [0.2, 0.25) is 0 Å². The summed E-state index contributed by atoms with van der Waals surface area (Å²) >= 11 is 0. The van der Waals surface area contributed by atoms with Gasteiger partial charge in [-0.25, -0.2) is 9.59 Å². The van der Waals surface area contributed by atoms with Crippen LogP contribution in [0.25, 0.3) is 0 Å². The average Bonchev–Trinajstić information content (AvgIpc) is 2.95. The largest absolute Gasteiger partial charge is 0.463 e. The van der Waals surface area contributed by atoms with Crippen molar-refractivity contribution in [3.8, 4) is 0 Å². The molecule has 2 rings (SSSR count). The fraction of sp³-hybridized carbons (Fsp3) is 0.600. The van der Waals surface area contributed by atoms with E-state index in [0.29, 0.717) is 24.5 Å². The molecule has 172 valence electrons. The van der Waals surface area contributed by atoms with Crippen molar-refractivity contribution in [2.75, 3.05) is 6.61 Å². The summed E-state index contributed by atoms with van der Waals surface area (Å²) in [7, 11) is 0. The number of benzene rings is 1. The lowest BCUT2D eigenvalue weighted by Gasteiger charge is -2.33. The summed E-state index contributed by atoms with van der Waals surface area (Å²) in [5.41, 5.74) is 0.664. The van der Waals surface area contributed by atoms with Gasteiger partial charge in [-0.05, 0) is 51.2 Å². The molecule has 0 aromatic heterocycles. The van der Waals surface area contributed by atoms with Crippen LogP contribution in [-0.4, -0.2) is 41.4 Å². The van der Waals surface area contributed by atoms with E-state index in [1.807, 2.05) is 57.2 Å². The van der Waals surface area contributed by atoms with Crippen LogP contribution in [0.15, 0.2) is 42.0 Å². The Kier molecular flexibility index (Phi) is 9.11. The second-order valence-corrected chi connectivity index (χ2v) is 8.80. The van der Waals surface area contributed by atoms with E-state index in [4.69, 9.17) is 14.2 Å². The van der Waals surface area contributed by atoms with Crippen LogP contribution < -0.4 is 0 Å². The summed E-state index contributed by atoms with van der Waals surface area (Å²) in [5, 5.41) is 0. The van der Waals surface area contributed by atoms with Crippen molar-refractivity contribution in [3.05, 3.63) is 47.5 Å². The van der Waals surface area contributed by atoms with E-state index in [9.17, 15) is 9.59 Å². The van der Waals surface area contributed by atoms with Crippen LogP contribution in [0, 0.1) is 5.92 Å². The first kappa shape index (κ1) is 24.9. The summed E-state index contributed by atoms with van der Waals surface area (Å²) in [6.07, 6.45) is 3.18. The molecule has 1 aromatic rings. The number of rotatable bonds is 9. The number of carbonyl (C=O) groups excluding carboxylic acids is 2. The lowest BCUT2D eigenvalue weighted by atomic mass is 9.96. The second-order valence-electron chi connectivity index (χ2n) is 8.80. The quantitative estimate of drug-likeness (QED) is 0.383. The van der Waals surface area contributed by atoms with Crippen LogP contribution in [0.5, 0.6) is 0 Å². The third kappa shape index (κ3) is 6.82. The predicted molar refractivity (Wildman–Crippen MR) is 120 cm³/mol. The molecule has 1 amide bonds. The van der Waals surface area contributed by atoms with Gasteiger partial charge in [0.2, 0.25) is 0 Å². The molecule has 1 fully saturated rings. The molecule has 6 nitrogen and oxygen atoms in total. The van der Waals surface area contributed by atoms with Gasteiger partial charge < -0.3 is 14.2 Å². The molecule has 1 aliphatic heterocycles. The maximum absolute atomic E-state index is 13.1. The van der Waals surface area contributed by atoms with Crippen LogP contribution >= 0.6 is 0 Å². The number of nitrogens with zero attached hydrogens (tertiary/aromatic N) is 1. The van der Waals surface area contributed by atoms with Crippen LogP contribution in [0.4, 0.5) is 4.79 Å². The van der Waals surface area contributed by atoms with Gasteiger partial charge in [-0.15, -0.1) is 0 Å². The third-order valence-electron chi connectivity index (χ3n) is 5.25. The van der Waals surface area contributed by atoms with Gasteiger partial charge in [0.15, 0.2) is 0 Å². The first-order valence-electron chi connectivity index (χ1n) is 11.2. The first-order chi connectivity index (χ1) is 14.7. The lowest BCUT2D eigenvalue weighted by Crippen LogP contribution is -2.48. The van der Waals surface area contributed by atoms with Gasteiger partial charge in [0, 0.05) is 5.57 Å². The molecule has 0 unspecified atom stereocenters. The molecule has 2 atom stereocenters. The highest BCUT2D eigenvalue weighted by atomic mass is 16.6. The van der Waals surface area contributed by atoms with Crippen molar-refractivity contribution in [1.29, 1.82) is 0 Å². The van der Waals surface area contributed by atoms with Gasteiger partial charge in [-0.1, -0.05) is 57.5 Å². The summed E-state index contributed by atoms with van der Waals surface area (Å²) in [5.74, 6) is 0.0131. The van der Waals surface area contributed by atoms with Crippen molar-refractivity contribution in [3.63, 3.8) is 0 Å². The Hall–Kier alpha value is -2.34. The summed E-state index contributed by atoms with van der Waals surface area (Å²) in [4.78, 5) is 27.3. The fourth-order valence-electron chi connectivity index (χ4n) is 3.97. The van der Waals surface area contributed by atoms with E-state index in [2.05, 4.69) is 13.8 Å². The molecular weight excluding hydrogens is 394 g/mol. The van der Waals surface area contributed by atoms with E-state index < -0.39 is 17.9 Å². The molecule has 1 aromatic carbocycles. The number of ether oxygens (including phenoxy) is 3. The maximum Gasteiger partial charge on any atom is 0.412 e. The van der Waals surface area contributed by atoms with Crippen molar-refractivity contribution in [1.82, 2.24) is 4.90 Å². The topological polar surface area (TPSA) is 65.1 Å². The molecule has 31 heavy (non-hydrogen) atoms. The molecule has 0 saturated carbocycles. The number of hydrogen-bond donors (Lipinski definition) is 0. The molecule has 0 bridgehead atoms. The number of carbonyl (C=O) groups is 2. The summed E-state index contributed by atoms with van der Waals surface area (Å²) in [6.45, 7) is 12.3. The standard InChI is InChI=1S/C25H37NO5/c1-7-12-20(23(27)29-8-2)16-22-21(15-18(3)4)26(25(5,6)31-22)24(28)30-17-19-13-10-9-11-14-19/h9-11,13-14,16,18,21-22H,7-8,12,15,17H2,1-6H3/b20-16+/t21-,22-/m0/s1. The smallest absolute Gasteiger partial charge is 0.412 e. The normalized spacial score (nSPS) is 20.7. The van der Waals surface area contributed by atoms with Crippen LogP contribution in [0.3, 0.4) is 0 Å². The Balaban J connectivity index is 2.28. The van der Waals surface area contributed by atoms with Gasteiger partial charge in [0.05, 0.1) is 18.8 Å². The van der Waals surface area contributed by atoms with Crippen molar-refractivity contribution in [2.24, 2.45) is 5.92 Å². The third-order valence-corrected chi connectivity index (χ3v) is 5.25. The van der Waals surface area contributed by atoms with Gasteiger partial charge in [0.1, 0.15) is 12.3 Å². The molecule has 0 aliphatic carbocycles. The monoisotopic (exact) mass is 431 g/mol. The zero-order valence-electron chi connectivity index (χ0n) is 19.7. The zero-order valence-corrected chi connectivity index (χ0v) is 19.7. The Morgan fingerprint density at radius 3 is 2.42 bits per heavy atom. The minimum Gasteiger partial charge on any atom is -0.463 e. The summed E-state index contributed by atoms with van der Waals surface area (Å²) in [6, 6.07) is 9.37. The van der Waals surface area contributed by atoms with E-state index in [1.54, 1.807) is 11.8 Å².